The first-order valence-corrected chi connectivity index (χ1v) is 10.5. The van der Waals surface area contributed by atoms with E-state index in [0.717, 1.165) is 6.26 Å². The summed E-state index contributed by atoms with van der Waals surface area (Å²) in [5.74, 6) is 0.348. The van der Waals surface area contributed by atoms with Crippen LogP contribution in [0.4, 0.5) is 5.82 Å². The van der Waals surface area contributed by atoms with Gasteiger partial charge in [0.25, 0.3) is 0 Å². The summed E-state index contributed by atoms with van der Waals surface area (Å²) < 4.78 is 50.5. The number of pyridine rings is 1. The highest BCUT2D eigenvalue weighted by Crippen LogP contribution is 2.20. The van der Waals surface area contributed by atoms with E-state index in [1.165, 1.54) is 30.5 Å². The molecule has 0 fully saturated rings. The van der Waals surface area contributed by atoms with E-state index in [2.05, 4.69) is 15.0 Å². The number of rotatable bonds is 7. The molecule has 1 aromatic carbocycles. The van der Waals surface area contributed by atoms with Crippen molar-refractivity contribution in [1.29, 1.82) is 5.26 Å². The molecule has 0 saturated heterocycles. The van der Waals surface area contributed by atoms with Crippen molar-refractivity contribution in [2.24, 2.45) is 0 Å². The molecule has 0 aliphatic rings. The Morgan fingerprint density at radius 1 is 1.04 bits per heavy atom. The lowest BCUT2D eigenvalue weighted by atomic mass is 10.3. The van der Waals surface area contributed by atoms with Crippen LogP contribution in [-0.2, 0) is 19.9 Å². The van der Waals surface area contributed by atoms with Crippen LogP contribution in [0.3, 0.4) is 0 Å². The maximum atomic E-state index is 12.4. The lowest BCUT2D eigenvalue weighted by molar-refractivity contribution is 0.575. The fourth-order valence-electron chi connectivity index (χ4n) is 2.06. The molecule has 0 unspecified atom stereocenters. The molecule has 0 saturated carbocycles. The summed E-state index contributed by atoms with van der Waals surface area (Å²) in [5.41, 5.74) is 0.341. The molecular formula is C15H16N4O4S2. The molecule has 2 N–H and O–H groups in total. The molecule has 2 rings (SSSR count). The number of sulfone groups is 1. The molecule has 0 aliphatic heterocycles. The monoisotopic (exact) mass is 380 g/mol. The lowest BCUT2D eigenvalue weighted by Gasteiger charge is -2.11. The van der Waals surface area contributed by atoms with Crippen molar-refractivity contribution in [3.05, 3.63) is 48.2 Å². The number of nitrogens with zero attached hydrogens (tertiary/aromatic N) is 2. The van der Waals surface area contributed by atoms with Gasteiger partial charge in [0.2, 0.25) is 10.0 Å². The highest BCUT2D eigenvalue weighted by Gasteiger charge is 2.22. The van der Waals surface area contributed by atoms with Gasteiger partial charge in [-0.05, 0) is 24.3 Å². The van der Waals surface area contributed by atoms with E-state index < -0.39 is 19.9 Å². The lowest BCUT2D eigenvalue weighted by Crippen LogP contribution is -2.30. The zero-order valence-electron chi connectivity index (χ0n) is 13.3. The zero-order chi connectivity index (χ0) is 18.5. The van der Waals surface area contributed by atoms with Crippen molar-refractivity contribution in [1.82, 2.24) is 9.71 Å². The second kappa shape index (κ2) is 7.60. The van der Waals surface area contributed by atoms with E-state index in [4.69, 9.17) is 5.26 Å². The number of hydrogen-bond acceptors (Lipinski definition) is 7. The second-order valence-corrected chi connectivity index (χ2v) is 8.77. The van der Waals surface area contributed by atoms with Gasteiger partial charge in [0.05, 0.1) is 10.5 Å². The van der Waals surface area contributed by atoms with Gasteiger partial charge in [0.15, 0.2) is 9.84 Å². The summed E-state index contributed by atoms with van der Waals surface area (Å²) >= 11 is 0. The van der Waals surface area contributed by atoms with Gasteiger partial charge in [-0.1, -0.05) is 12.1 Å². The summed E-state index contributed by atoms with van der Waals surface area (Å²) in [7, 11) is -7.68. The van der Waals surface area contributed by atoms with Crippen molar-refractivity contribution in [2.75, 3.05) is 24.7 Å². The normalized spacial score (nSPS) is 11.7. The summed E-state index contributed by atoms with van der Waals surface area (Å²) in [5, 5.41) is 11.8. The molecule has 10 heteroatoms. The third kappa shape index (κ3) is 4.76. The Kier molecular flexibility index (Phi) is 5.73. The Hall–Kier alpha value is -2.48. The van der Waals surface area contributed by atoms with E-state index in [-0.39, 0.29) is 22.9 Å². The van der Waals surface area contributed by atoms with Gasteiger partial charge in [-0.15, -0.1) is 0 Å². The highest BCUT2D eigenvalue weighted by atomic mass is 32.2. The highest BCUT2D eigenvalue weighted by molar-refractivity contribution is 7.93. The topological polar surface area (TPSA) is 129 Å². The molecule has 132 valence electrons. The smallest absolute Gasteiger partial charge is 0.241 e. The predicted molar refractivity (Wildman–Crippen MR) is 92.2 cm³/mol. The quantitative estimate of drug-likeness (QED) is 0.678. The molecule has 0 aliphatic carbocycles. The number of nitrogens with one attached hydrogen (secondary N) is 2. The van der Waals surface area contributed by atoms with Gasteiger partial charge in [0.1, 0.15) is 16.8 Å². The third-order valence-electron chi connectivity index (χ3n) is 3.18. The first kappa shape index (κ1) is 18.9. The fraction of sp³-hybridized carbons (Fsp3) is 0.200. The van der Waals surface area contributed by atoms with Crippen LogP contribution >= 0.6 is 0 Å². The van der Waals surface area contributed by atoms with Crippen LogP contribution in [0.1, 0.15) is 5.56 Å². The summed E-state index contributed by atoms with van der Waals surface area (Å²) in [6, 6.07) is 10.6. The van der Waals surface area contributed by atoms with Crippen LogP contribution in [0, 0.1) is 11.3 Å². The van der Waals surface area contributed by atoms with Gasteiger partial charge in [0, 0.05) is 25.5 Å². The minimum atomic E-state index is -4.00. The molecule has 1 heterocycles. The molecule has 25 heavy (non-hydrogen) atoms. The number of nitriles is 1. The van der Waals surface area contributed by atoms with Crippen molar-refractivity contribution in [2.45, 2.75) is 9.79 Å². The predicted octanol–water partition coefficient (Wildman–Crippen LogP) is 0.747. The first-order valence-electron chi connectivity index (χ1n) is 7.13. The van der Waals surface area contributed by atoms with Crippen LogP contribution in [0.2, 0.25) is 0 Å². The van der Waals surface area contributed by atoms with Crippen LogP contribution in [0.15, 0.2) is 52.4 Å². The van der Waals surface area contributed by atoms with Crippen LogP contribution in [-0.4, -0.2) is 41.2 Å². The fourth-order valence-corrected chi connectivity index (χ4v) is 4.72. The Bertz CT molecular complexity index is 1010. The number of benzene rings is 1. The Morgan fingerprint density at radius 3 is 2.36 bits per heavy atom. The van der Waals surface area contributed by atoms with E-state index in [1.807, 2.05) is 6.07 Å². The summed E-state index contributed by atoms with van der Waals surface area (Å²) in [6.07, 6.45) is 2.46. The number of anilines is 1. The first-order chi connectivity index (χ1) is 11.8. The molecule has 0 atom stereocenters. The molecule has 1 aromatic heterocycles. The average molecular weight is 380 g/mol. The van der Waals surface area contributed by atoms with Gasteiger partial charge < -0.3 is 5.32 Å². The van der Waals surface area contributed by atoms with Gasteiger partial charge in [-0.2, -0.15) is 5.26 Å². The number of hydrogen-bond donors (Lipinski definition) is 2. The minimum absolute atomic E-state index is 0.0120. The van der Waals surface area contributed by atoms with E-state index in [9.17, 15) is 16.8 Å². The Labute approximate surface area is 146 Å². The van der Waals surface area contributed by atoms with Gasteiger partial charge in [-0.25, -0.2) is 26.5 Å². The zero-order valence-corrected chi connectivity index (χ0v) is 14.9. The van der Waals surface area contributed by atoms with Crippen molar-refractivity contribution in [3.8, 4) is 6.07 Å². The van der Waals surface area contributed by atoms with Crippen molar-refractivity contribution >= 4 is 25.7 Å². The Balaban J connectivity index is 2.08. The minimum Gasteiger partial charge on any atom is -0.368 e. The molecular weight excluding hydrogens is 364 g/mol. The molecule has 0 radical (unpaired) electrons. The van der Waals surface area contributed by atoms with Crippen LogP contribution in [0.5, 0.6) is 0 Å². The van der Waals surface area contributed by atoms with Gasteiger partial charge in [-0.3, -0.25) is 0 Å². The average Bonchev–Trinajstić information content (AvgIpc) is 2.58. The van der Waals surface area contributed by atoms with Crippen LogP contribution in [0.25, 0.3) is 0 Å². The SMILES string of the molecule is CS(=O)(=O)c1ccccc1S(=O)(=O)NCCNc1ncccc1C#N. The standard InChI is InChI=1S/C15H16N4O4S2/c1-24(20,21)13-6-2-3-7-14(13)25(22,23)19-10-9-18-15-12(11-16)5-4-8-17-15/h2-8,19H,9-10H2,1H3,(H,17,18). The van der Waals surface area contributed by atoms with Crippen LogP contribution < -0.4 is 10.0 Å². The van der Waals surface area contributed by atoms with E-state index in [0.29, 0.717) is 11.4 Å². The molecule has 2 aromatic rings. The summed E-state index contributed by atoms with van der Waals surface area (Å²) in [6.45, 7) is 0.161. The second-order valence-electron chi connectivity index (χ2n) is 5.05. The maximum absolute atomic E-state index is 12.4. The van der Waals surface area contributed by atoms with Gasteiger partial charge >= 0.3 is 0 Å². The largest absolute Gasteiger partial charge is 0.368 e. The van der Waals surface area contributed by atoms with E-state index in [1.54, 1.807) is 12.1 Å². The number of sulfonamides is 1. The van der Waals surface area contributed by atoms with E-state index >= 15 is 0 Å². The molecule has 8 nitrogen and oxygen atoms in total. The molecule has 0 amide bonds. The number of aromatic nitrogens is 1. The van der Waals surface area contributed by atoms with Crippen molar-refractivity contribution in [3.63, 3.8) is 0 Å². The molecule has 0 spiro atoms. The maximum Gasteiger partial charge on any atom is 0.241 e. The molecule has 0 bridgehead atoms. The Morgan fingerprint density at radius 2 is 1.72 bits per heavy atom. The van der Waals surface area contributed by atoms with Crippen molar-refractivity contribution < 1.29 is 16.8 Å². The third-order valence-corrected chi connectivity index (χ3v) is 5.98. The summed E-state index contributed by atoms with van der Waals surface area (Å²) in [4.78, 5) is 3.44.